The zero-order valence-corrected chi connectivity index (χ0v) is 25.5. The zero-order valence-electron chi connectivity index (χ0n) is 25.5. The van der Waals surface area contributed by atoms with Crippen molar-refractivity contribution in [2.75, 3.05) is 0 Å². The lowest BCUT2D eigenvalue weighted by atomic mass is 9.47. The molecule has 0 saturated carbocycles. The Kier molecular flexibility index (Phi) is 7.72. The zero-order chi connectivity index (χ0) is 33.4. The highest BCUT2D eigenvalue weighted by Gasteiger charge is 2.55. The molecule has 6 rings (SSSR count). The summed E-state index contributed by atoms with van der Waals surface area (Å²) in [6, 6.07) is 11.4. The molecule has 3 aromatic carbocycles. The quantitative estimate of drug-likeness (QED) is 0.329. The van der Waals surface area contributed by atoms with Gasteiger partial charge in [-0.15, -0.1) is 17.8 Å². The molecule has 6 heteroatoms. The molecular formula is C40H24O6. The summed E-state index contributed by atoms with van der Waals surface area (Å²) in [7, 11) is 0. The highest BCUT2D eigenvalue weighted by molar-refractivity contribution is 5.90. The Balaban J connectivity index is 2.01. The third kappa shape index (κ3) is 4.83. The molecule has 0 saturated heterocycles. The van der Waals surface area contributed by atoms with Crippen LogP contribution in [0.3, 0.4) is 0 Å². The molecule has 2 atom stereocenters. The first-order valence-corrected chi connectivity index (χ1v) is 14.0. The molecule has 2 unspecified atom stereocenters. The average molecular weight is 601 g/mol. The lowest BCUT2D eigenvalue weighted by Crippen LogP contribution is -2.48. The van der Waals surface area contributed by atoms with Gasteiger partial charge in [-0.2, -0.15) is 0 Å². The number of rotatable bonds is 0. The van der Waals surface area contributed by atoms with E-state index in [1.807, 2.05) is 31.2 Å². The minimum atomic E-state index is -1.34. The molecule has 0 fully saturated rings. The smallest absolute Gasteiger partial charge is 0.382 e. The van der Waals surface area contributed by atoms with E-state index in [1.165, 1.54) is 0 Å². The van der Waals surface area contributed by atoms with Crippen molar-refractivity contribution in [3.8, 4) is 71.0 Å². The van der Waals surface area contributed by atoms with Crippen LogP contribution in [-0.2, 0) is 25.2 Å². The van der Waals surface area contributed by atoms with E-state index in [4.69, 9.17) is 0 Å². The summed E-state index contributed by atoms with van der Waals surface area (Å²) in [4.78, 5) is 34.3. The van der Waals surface area contributed by atoms with Gasteiger partial charge in [-0.05, 0) is 104 Å². The van der Waals surface area contributed by atoms with Gasteiger partial charge in [-0.1, -0.05) is 35.5 Å². The molecule has 0 amide bonds. The van der Waals surface area contributed by atoms with Crippen molar-refractivity contribution in [3.63, 3.8) is 0 Å². The van der Waals surface area contributed by atoms with E-state index < -0.39 is 28.7 Å². The lowest BCUT2D eigenvalue weighted by molar-refractivity contribution is -0.131. The van der Waals surface area contributed by atoms with Crippen molar-refractivity contribution in [2.24, 2.45) is 0 Å². The van der Waals surface area contributed by atoms with E-state index in [0.29, 0.717) is 11.1 Å². The fraction of sp³-hybridized carbons (Fsp3) is 0.175. The number of carboxylic acids is 3. The predicted molar refractivity (Wildman–Crippen MR) is 172 cm³/mol. The molecule has 3 aromatic rings. The molecule has 0 radical (unpaired) electrons. The molecule has 3 N–H and O–H groups in total. The maximum absolute atomic E-state index is 11.4. The summed E-state index contributed by atoms with van der Waals surface area (Å²) < 4.78 is 0. The Labute approximate surface area is 266 Å². The molecule has 0 heterocycles. The van der Waals surface area contributed by atoms with Crippen LogP contribution in [-0.4, -0.2) is 33.2 Å². The molecule has 3 aliphatic carbocycles. The van der Waals surface area contributed by atoms with Gasteiger partial charge in [0.25, 0.3) is 0 Å². The van der Waals surface area contributed by atoms with Crippen molar-refractivity contribution < 1.29 is 29.7 Å². The Morgan fingerprint density at radius 1 is 0.435 bits per heavy atom. The van der Waals surface area contributed by atoms with Gasteiger partial charge in [0.15, 0.2) is 0 Å². The van der Waals surface area contributed by atoms with Gasteiger partial charge in [0, 0.05) is 62.0 Å². The van der Waals surface area contributed by atoms with Crippen LogP contribution in [0.2, 0.25) is 0 Å². The average Bonchev–Trinajstić information content (AvgIpc) is 3.00. The van der Waals surface area contributed by atoms with Gasteiger partial charge >= 0.3 is 17.9 Å². The van der Waals surface area contributed by atoms with E-state index in [9.17, 15) is 29.7 Å². The van der Waals surface area contributed by atoms with Crippen LogP contribution < -0.4 is 0 Å². The molecule has 0 aliphatic heterocycles. The van der Waals surface area contributed by atoms with E-state index in [0.717, 1.165) is 44.5 Å². The predicted octanol–water partition coefficient (Wildman–Crippen LogP) is 4.44. The molecular weight excluding hydrogens is 576 g/mol. The second-order valence-electron chi connectivity index (χ2n) is 10.9. The van der Waals surface area contributed by atoms with E-state index in [2.05, 4.69) is 78.0 Å². The van der Waals surface area contributed by atoms with Gasteiger partial charge in [0.2, 0.25) is 0 Å². The van der Waals surface area contributed by atoms with Crippen molar-refractivity contribution in [2.45, 2.75) is 45.4 Å². The lowest BCUT2D eigenvalue weighted by Gasteiger charge is -2.54. The van der Waals surface area contributed by atoms with Crippen molar-refractivity contribution in [1.82, 2.24) is 0 Å². The van der Waals surface area contributed by atoms with Gasteiger partial charge in [-0.3, -0.25) is 0 Å². The molecule has 2 bridgehead atoms. The van der Waals surface area contributed by atoms with Crippen LogP contribution in [0.1, 0.15) is 101 Å². The van der Waals surface area contributed by atoms with Crippen LogP contribution in [0.5, 0.6) is 0 Å². The van der Waals surface area contributed by atoms with Crippen molar-refractivity contribution in [1.29, 1.82) is 0 Å². The Morgan fingerprint density at radius 3 is 0.804 bits per heavy atom. The molecule has 0 spiro atoms. The number of aliphatic carboxylic acids is 3. The first-order chi connectivity index (χ1) is 21.9. The highest BCUT2D eigenvalue weighted by atomic mass is 16.4. The topological polar surface area (TPSA) is 112 Å². The second kappa shape index (κ2) is 11.5. The second-order valence-corrected chi connectivity index (χ2v) is 10.9. The molecule has 220 valence electrons. The van der Waals surface area contributed by atoms with Crippen LogP contribution in [0.15, 0.2) is 36.4 Å². The van der Waals surface area contributed by atoms with Crippen molar-refractivity contribution >= 4 is 17.9 Å². The summed E-state index contributed by atoms with van der Waals surface area (Å²) in [5.74, 6) is 28.9. The summed E-state index contributed by atoms with van der Waals surface area (Å²) in [5, 5.41) is 28.0. The van der Waals surface area contributed by atoms with Gasteiger partial charge in [0.1, 0.15) is 0 Å². The molecule has 6 nitrogen and oxygen atoms in total. The van der Waals surface area contributed by atoms with E-state index in [1.54, 1.807) is 32.9 Å². The monoisotopic (exact) mass is 600 g/mol. The molecule has 46 heavy (non-hydrogen) atoms. The standard InChI is InChI=1S/C40H24O6/c1-6-9-24-18-30-31(19-25(24)10-7-2)40(5)33-21-27(12-15-36(41)42)26(11-8-3)20-32(33)39(30,4)34-22-28(13-16-37(43)44)29(23-35(34)40)14-17-38(45)46/h18-23H,1-5H3,(H,41,42)(H,43,44)(H,45,46). The van der Waals surface area contributed by atoms with Crippen LogP contribution in [0.25, 0.3) is 0 Å². The normalized spacial score (nSPS) is 16.9. The minimum absolute atomic E-state index is 0.261. The maximum Gasteiger partial charge on any atom is 0.382 e. The number of benzene rings is 3. The van der Waals surface area contributed by atoms with Crippen LogP contribution in [0.4, 0.5) is 0 Å². The highest BCUT2D eigenvalue weighted by Crippen LogP contribution is 2.62. The number of hydrogen-bond acceptors (Lipinski definition) is 3. The Morgan fingerprint density at radius 2 is 0.630 bits per heavy atom. The van der Waals surface area contributed by atoms with E-state index >= 15 is 0 Å². The third-order valence-electron chi connectivity index (χ3n) is 8.40. The van der Waals surface area contributed by atoms with Crippen LogP contribution >= 0.6 is 0 Å². The van der Waals surface area contributed by atoms with Crippen molar-refractivity contribution in [3.05, 3.63) is 103 Å². The Hall–Kier alpha value is -6.57. The van der Waals surface area contributed by atoms with Gasteiger partial charge < -0.3 is 15.3 Å². The largest absolute Gasteiger partial charge is 0.472 e. The SMILES string of the molecule is CC#Cc1cc2c(cc1C#CC)C1(C)c3cc(C#CC(=O)O)c(C#CC)cc3C2(C)c2cc(C#CC(=O)O)c(C#CC(=O)O)cc21. The van der Waals surface area contributed by atoms with Gasteiger partial charge in [-0.25, -0.2) is 14.4 Å². The van der Waals surface area contributed by atoms with Crippen LogP contribution in [0, 0.1) is 71.0 Å². The fourth-order valence-corrected chi connectivity index (χ4v) is 6.54. The maximum atomic E-state index is 11.4. The first kappa shape index (κ1) is 30.9. The molecule has 0 aromatic heterocycles. The summed E-state index contributed by atoms with van der Waals surface area (Å²) in [6.07, 6.45) is 0. The minimum Gasteiger partial charge on any atom is -0.472 e. The fourth-order valence-electron chi connectivity index (χ4n) is 6.54. The van der Waals surface area contributed by atoms with Gasteiger partial charge in [0.05, 0.1) is 0 Å². The third-order valence-corrected chi connectivity index (χ3v) is 8.40. The Bertz CT molecular complexity index is 2340. The number of hydrogen-bond donors (Lipinski definition) is 3. The molecule has 3 aliphatic rings. The summed E-state index contributed by atoms with van der Waals surface area (Å²) >= 11 is 0. The van der Waals surface area contributed by atoms with E-state index in [-0.39, 0.29) is 11.1 Å². The number of carboxylic acid groups (broad SMARTS) is 3. The summed E-state index contributed by atoms with van der Waals surface area (Å²) in [5.41, 5.74) is 6.57. The summed E-state index contributed by atoms with van der Waals surface area (Å²) in [6.45, 7) is 9.28. The number of carbonyl (C=O) groups is 3. The first-order valence-electron chi connectivity index (χ1n) is 14.0.